The van der Waals surface area contributed by atoms with Gasteiger partial charge in [0, 0.05) is 23.4 Å². The molecule has 0 spiro atoms. The summed E-state index contributed by atoms with van der Waals surface area (Å²) in [6.07, 6.45) is -4.43. The zero-order valence-corrected chi connectivity index (χ0v) is 16.4. The van der Waals surface area contributed by atoms with Gasteiger partial charge in [-0.25, -0.2) is 5.48 Å². The van der Waals surface area contributed by atoms with Crippen LogP contribution in [0.4, 0.5) is 13.2 Å². The van der Waals surface area contributed by atoms with E-state index in [0.29, 0.717) is 5.75 Å². The van der Waals surface area contributed by atoms with Crippen LogP contribution in [0.15, 0.2) is 60.1 Å². The van der Waals surface area contributed by atoms with E-state index in [-0.39, 0.29) is 17.3 Å². The van der Waals surface area contributed by atoms with Crippen molar-refractivity contribution in [2.45, 2.75) is 12.2 Å². The first kappa shape index (κ1) is 21.2. The average molecular weight is 423 g/mol. The van der Waals surface area contributed by atoms with Gasteiger partial charge in [0.2, 0.25) is 0 Å². The molecule has 1 unspecified atom stereocenters. The Labute approximate surface area is 170 Å². The summed E-state index contributed by atoms with van der Waals surface area (Å²) in [5.41, 5.74) is 6.06. The van der Waals surface area contributed by atoms with Crippen molar-refractivity contribution in [3.8, 4) is 5.75 Å². The molecule has 9 heteroatoms. The predicted octanol–water partition coefficient (Wildman–Crippen LogP) is 4.60. The maximum atomic E-state index is 12.9. The maximum absolute atomic E-state index is 12.9. The fourth-order valence-electron chi connectivity index (χ4n) is 2.76. The van der Waals surface area contributed by atoms with Crippen LogP contribution in [-0.4, -0.2) is 24.5 Å². The minimum absolute atomic E-state index is 0.203. The van der Waals surface area contributed by atoms with Crippen LogP contribution in [-0.2, 0) is 11.0 Å². The normalized spacial score (nSPS) is 15.0. The monoisotopic (exact) mass is 423 g/mol. The first-order valence-electron chi connectivity index (χ1n) is 8.74. The van der Waals surface area contributed by atoms with Crippen LogP contribution < -0.4 is 15.8 Å². The SMILES string of the molecule is C=C(NOc1ccccc1C(NOC)C1=NCCS1)c1cccc(C(F)(F)F)c1. The third-order valence-corrected chi connectivity index (χ3v) is 5.19. The van der Waals surface area contributed by atoms with Crippen molar-refractivity contribution >= 4 is 22.5 Å². The van der Waals surface area contributed by atoms with Crippen molar-refractivity contribution in [3.05, 3.63) is 71.8 Å². The summed E-state index contributed by atoms with van der Waals surface area (Å²) in [6, 6.07) is 11.8. The molecule has 1 aliphatic heterocycles. The lowest BCUT2D eigenvalue weighted by Crippen LogP contribution is -2.27. The molecule has 5 nitrogen and oxygen atoms in total. The molecule has 2 aromatic carbocycles. The molecule has 1 heterocycles. The molecule has 3 rings (SSSR count). The van der Waals surface area contributed by atoms with Gasteiger partial charge in [-0.3, -0.25) is 4.99 Å². The number of hydrogen-bond donors (Lipinski definition) is 2. The second-order valence-corrected chi connectivity index (χ2v) is 7.24. The van der Waals surface area contributed by atoms with Gasteiger partial charge in [-0.1, -0.05) is 36.9 Å². The number of hydrogen-bond acceptors (Lipinski definition) is 6. The minimum Gasteiger partial charge on any atom is -0.382 e. The van der Waals surface area contributed by atoms with Crippen LogP contribution in [0.1, 0.15) is 22.7 Å². The molecule has 2 N–H and O–H groups in total. The highest BCUT2D eigenvalue weighted by molar-refractivity contribution is 8.14. The van der Waals surface area contributed by atoms with Crippen molar-refractivity contribution < 1.29 is 22.8 Å². The highest BCUT2D eigenvalue weighted by Crippen LogP contribution is 2.32. The Morgan fingerprint density at radius 2 is 2.00 bits per heavy atom. The lowest BCUT2D eigenvalue weighted by atomic mass is 10.1. The lowest BCUT2D eigenvalue weighted by molar-refractivity contribution is -0.137. The van der Waals surface area contributed by atoms with Crippen molar-refractivity contribution in [1.29, 1.82) is 0 Å². The van der Waals surface area contributed by atoms with E-state index in [9.17, 15) is 13.2 Å². The molecule has 0 aliphatic carbocycles. The Balaban J connectivity index is 1.77. The number of aliphatic imine (C=N–C) groups is 1. The fourth-order valence-corrected chi connectivity index (χ4v) is 3.68. The number of hydroxylamine groups is 2. The predicted molar refractivity (Wildman–Crippen MR) is 108 cm³/mol. The molecule has 2 aromatic rings. The summed E-state index contributed by atoms with van der Waals surface area (Å²) < 4.78 is 38.8. The van der Waals surface area contributed by atoms with Gasteiger partial charge in [0.1, 0.15) is 6.04 Å². The van der Waals surface area contributed by atoms with E-state index < -0.39 is 11.7 Å². The molecular formula is C20H20F3N3O2S. The number of para-hydroxylation sites is 1. The maximum Gasteiger partial charge on any atom is 0.416 e. The van der Waals surface area contributed by atoms with Crippen LogP contribution in [0.3, 0.4) is 0 Å². The third kappa shape index (κ3) is 5.31. The van der Waals surface area contributed by atoms with Crippen molar-refractivity contribution in [3.63, 3.8) is 0 Å². The molecule has 0 amide bonds. The summed E-state index contributed by atoms with van der Waals surface area (Å²) in [4.78, 5) is 15.3. The van der Waals surface area contributed by atoms with Gasteiger partial charge in [0.25, 0.3) is 0 Å². The van der Waals surface area contributed by atoms with Crippen LogP contribution in [0.5, 0.6) is 5.75 Å². The van der Waals surface area contributed by atoms with Crippen molar-refractivity contribution in [2.75, 3.05) is 19.4 Å². The highest BCUT2D eigenvalue weighted by atomic mass is 32.2. The summed E-state index contributed by atoms with van der Waals surface area (Å²) in [5.74, 6) is 1.37. The summed E-state index contributed by atoms with van der Waals surface area (Å²) in [7, 11) is 1.52. The van der Waals surface area contributed by atoms with Gasteiger partial charge >= 0.3 is 6.18 Å². The molecule has 0 aromatic heterocycles. The second-order valence-electron chi connectivity index (χ2n) is 6.12. The smallest absolute Gasteiger partial charge is 0.382 e. The highest BCUT2D eigenvalue weighted by Gasteiger charge is 2.30. The van der Waals surface area contributed by atoms with E-state index in [4.69, 9.17) is 9.68 Å². The topological polar surface area (TPSA) is 54.9 Å². The molecule has 0 saturated heterocycles. The first-order valence-corrected chi connectivity index (χ1v) is 9.72. The lowest BCUT2D eigenvalue weighted by Gasteiger charge is -2.21. The van der Waals surface area contributed by atoms with E-state index in [2.05, 4.69) is 22.5 Å². The van der Waals surface area contributed by atoms with Gasteiger partial charge in [-0.15, -0.1) is 11.8 Å². The van der Waals surface area contributed by atoms with Crippen LogP contribution in [0, 0.1) is 0 Å². The number of nitrogens with one attached hydrogen (secondary N) is 2. The molecule has 1 aliphatic rings. The van der Waals surface area contributed by atoms with E-state index >= 15 is 0 Å². The van der Waals surface area contributed by atoms with E-state index in [1.54, 1.807) is 23.9 Å². The van der Waals surface area contributed by atoms with Crippen LogP contribution in [0.25, 0.3) is 5.70 Å². The van der Waals surface area contributed by atoms with E-state index in [1.807, 2.05) is 12.1 Å². The Kier molecular flexibility index (Phi) is 6.83. The molecule has 0 bridgehead atoms. The van der Waals surface area contributed by atoms with Gasteiger partial charge in [-0.05, 0) is 18.2 Å². The number of nitrogens with zero attached hydrogens (tertiary/aromatic N) is 1. The Bertz CT molecular complexity index is 903. The number of alkyl halides is 3. The van der Waals surface area contributed by atoms with E-state index in [1.165, 1.54) is 19.2 Å². The molecule has 29 heavy (non-hydrogen) atoms. The number of rotatable bonds is 8. The largest absolute Gasteiger partial charge is 0.416 e. The van der Waals surface area contributed by atoms with Gasteiger partial charge in [0.15, 0.2) is 5.75 Å². The second kappa shape index (κ2) is 9.34. The quantitative estimate of drug-likeness (QED) is 0.608. The van der Waals surface area contributed by atoms with Crippen LogP contribution in [0.2, 0.25) is 0 Å². The molecule has 154 valence electrons. The molecular weight excluding hydrogens is 403 g/mol. The first-order chi connectivity index (χ1) is 13.9. The minimum atomic E-state index is -4.43. The third-order valence-electron chi connectivity index (χ3n) is 4.14. The zero-order chi connectivity index (χ0) is 20.9. The van der Waals surface area contributed by atoms with Gasteiger partial charge in [0.05, 0.1) is 23.4 Å². The number of benzene rings is 2. The van der Waals surface area contributed by atoms with Gasteiger partial charge < -0.3 is 9.68 Å². The van der Waals surface area contributed by atoms with Crippen molar-refractivity contribution in [2.24, 2.45) is 4.99 Å². The molecule has 1 atom stereocenters. The average Bonchev–Trinajstić information content (AvgIpc) is 3.24. The van der Waals surface area contributed by atoms with Gasteiger partial charge in [-0.2, -0.15) is 18.7 Å². The molecule has 0 saturated carbocycles. The zero-order valence-electron chi connectivity index (χ0n) is 15.6. The molecule has 0 radical (unpaired) electrons. The summed E-state index contributed by atoms with van der Waals surface area (Å²) >= 11 is 1.63. The van der Waals surface area contributed by atoms with Crippen LogP contribution >= 0.6 is 11.8 Å². The Morgan fingerprint density at radius 1 is 1.21 bits per heavy atom. The Morgan fingerprint density at radius 3 is 2.69 bits per heavy atom. The molecule has 0 fully saturated rings. The summed E-state index contributed by atoms with van der Waals surface area (Å²) in [5, 5.41) is 0.875. The van der Waals surface area contributed by atoms with Crippen molar-refractivity contribution in [1.82, 2.24) is 11.0 Å². The summed E-state index contributed by atoms with van der Waals surface area (Å²) in [6.45, 7) is 4.51. The Hall–Kier alpha value is -2.49. The number of halogens is 3. The fraction of sp³-hybridized carbons (Fsp3) is 0.250. The van der Waals surface area contributed by atoms with E-state index in [0.717, 1.165) is 35.0 Å². The standard InChI is InChI=1S/C20H20F3N3O2S/c1-13(14-6-5-7-15(12-14)20(21,22)23)25-28-17-9-4-3-8-16(17)18(26-27-2)19-24-10-11-29-19/h3-9,12,18,25-26H,1,10-11H2,2H3. The number of thioether (sulfide) groups is 1.